The SMILES string of the molecule is C#CC[C@H](NC(=O)C(C)(c1ccccc1)c1ccccc1)C(=O)OC. The van der Waals surface area contributed by atoms with Crippen molar-refractivity contribution in [3.05, 3.63) is 71.8 Å². The van der Waals surface area contributed by atoms with Gasteiger partial charge in [0.05, 0.1) is 12.5 Å². The average Bonchev–Trinajstić information content (AvgIpc) is 2.67. The lowest BCUT2D eigenvalue weighted by molar-refractivity contribution is -0.145. The van der Waals surface area contributed by atoms with Crippen molar-refractivity contribution in [3.8, 4) is 12.3 Å². The molecular formula is C21H21NO3. The highest BCUT2D eigenvalue weighted by Crippen LogP contribution is 2.32. The zero-order valence-corrected chi connectivity index (χ0v) is 14.4. The maximum Gasteiger partial charge on any atom is 0.329 e. The third-order valence-electron chi connectivity index (χ3n) is 4.27. The van der Waals surface area contributed by atoms with Crippen molar-refractivity contribution >= 4 is 11.9 Å². The highest BCUT2D eigenvalue weighted by atomic mass is 16.5. The van der Waals surface area contributed by atoms with E-state index in [9.17, 15) is 9.59 Å². The van der Waals surface area contributed by atoms with Gasteiger partial charge in [0.1, 0.15) is 6.04 Å². The van der Waals surface area contributed by atoms with Crippen LogP contribution < -0.4 is 5.32 Å². The van der Waals surface area contributed by atoms with E-state index in [-0.39, 0.29) is 12.3 Å². The molecule has 2 rings (SSSR count). The van der Waals surface area contributed by atoms with Crippen LogP contribution in [0.15, 0.2) is 60.7 Å². The van der Waals surface area contributed by atoms with Gasteiger partial charge in [-0.25, -0.2) is 4.79 Å². The van der Waals surface area contributed by atoms with Crippen LogP contribution in [0.3, 0.4) is 0 Å². The van der Waals surface area contributed by atoms with Gasteiger partial charge in [-0.1, -0.05) is 60.7 Å². The first-order valence-corrected chi connectivity index (χ1v) is 7.97. The summed E-state index contributed by atoms with van der Waals surface area (Å²) < 4.78 is 4.74. The Balaban J connectivity index is 2.44. The largest absolute Gasteiger partial charge is 0.467 e. The van der Waals surface area contributed by atoms with Crippen molar-refractivity contribution < 1.29 is 14.3 Å². The number of amides is 1. The second-order valence-electron chi connectivity index (χ2n) is 5.81. The molecule has 2 aromatic carbocycles. The van der Waals surface area contributed by atoms with Crippen LogP contribution in [0, 0.1) is 12.3 Å². The number of carbonyl (C=O) groups excluding carboxylic acids is 2. The van der Waals surface area contributed by atoms with Crippen molar-refractivity contribution in [1.29, 1.82) is 0 Å². The number of carbonyl (C=O) groups is 2. The molecule has 0 spiro atoms. The highest BCUT2D eigenvalue weighted by Gasteiger charge is 2.38. The summed E-state index contributed by atoms with van der Waals surface area (Å²) in [6.07, 6.45) is 5.39. The van der Waals surface area contributed by atoms with Gasteiger partial charge in [-0.15, -0.1) is 12.3 Å². The molecule has 0 saturated carbocycles. The van der Waals surface area contributed by atoms with E-state index in [1.807, 2.05) is 67.6 Å². The van der Waals surface area contributed by atoms with Crippen molar-refractivity contribution in [2.75, 3.05) is 7.11 Å². The summed E-state index contributed by atoms with van der Waals surface area (Å²) in [5.74, 6) is 1.53. The Morgan fingerprint density at radius 2 is 1.56 bits per heavy atom. The minimum atomic E-state index is -0.969. The van der Waals surface area contributed by atoms with Crippen LogP contribution in [0.2, 0.25) is 0 Å². The van der Waals surface area contributed by atoms with Crippen molar-refractivity contribution in [3.63, 3.8) is 0 Å². The topological polar surface area (TPSA) is 55.4 Å². The van der Waals surface area contributed by atoms with Gasteiger partial charge in [-0.05, 0) is 18.1 Å². The summed E-state index contributed by atoms with van der Waals surface area (Å²) in [4.78, 5) is 25.1. The molecule has 0 aliphatic rings. The lowest BCUT2D eigenvalue weighted by Crippen LogP contribution is -2.50. The Morgan fingerprint density at radius 3 is 1.96 bits per heavy atom. The van der Waals surface area contributed by atoms with E-state index < -0.39 is 17.4 Å². The van der Waals surface area contributed by atoms with E-state index >= 15 is 0 Å². The number of methoxy groups -OCH3 is 1. The monoisotopic (exact) mass is 335 g/mol. The molecule has 1 amide bonds. The zero-order chi connectivity index (χ0) is 18.3. The molecule has 2 aromatic rings. The number of hydrogen-bond donors (Lipinski definition) is 1. The van der Waals surface area contributed by atoms with Gasteiger partial charge in [0, 0.05) is 6.42 Å². The molecule has 0 aliphatic heterocycles. The third kappa shape index (κ3) is 3.89. The smallest absolute Gasteiger partial charge is 0.329 e. The summed E-state index contributed by atoms with van der Waals surface area (Å²) >= 11 is 0. The number of ether oxygens (including phenoxy) is 1. The van der Waals surface area contributed by atoms with E-state index in [4.69, 9.17) is 11.2 Å². The molecular weight excluding hydrogens is 314 g/mol. The molecule has 0 unspecified atom stereocenters. The fourth-order valence-electron chi connectivity index (χ4n) is 2.73. The highest BCUT2D eigenvalue weighted by molar-refractivity contribution is 5.94. The molecule has 4 nitrogen and oxygen atoms in total. The van der Waals surface area contributed by atoms with Crippen LogP contribution in [0.1, 0.15) is 24.5 Å². The first kappa shape index (κ1) is 18.3. The summed E-state index contributed by atoms with van der Waals surface area (Å²) in [7, 11) is 1.27. The van der Waals surface area contributed by atoms with Gasteiger partial charge in [0.25, 0.3) is 0 Å². The number of rotatable bonds is 6. The maximum atomic E-state index is 13.2. The molecule has 0 aliphatic carbocycles. The summed E-state index contributed by atoms with van der Waals surface area (Å²) in [5, 5.41) is 2.75. The van der Waals surface area contributed by atoms with Gasteiger partial charge in [0.2, 0.25) is 5.91 Å². The lowest BCUT2D eigenvalue weighted by atomic mass is 9.75. The van der Waals surface area contributed by atoms with Gasteiger partial charge in [-0.3, -0.25) is 4.79 Å². The molecule has 1 N–H and O–H groups in total. The Kier molecular flexibility index (Phi) is 5.97. The molecule has 0 saturated heterocycles. The Morgan fingerprint density at radius 1 is 1.08 bits per heavy atom. The first-order valence-electron chi connectivity index (χ1n) is 7.97. The Labute approximate surface area is 148 Å². The Hall–Kier alpha value is -3.06. The molecule has 25 heavy (non-hydrogen) atoms. The zero-order valence-electron chi connectivity index (χ0n) is 14.4. The van der Waals surface area contributed by atoms with Gasteiger partial charge in [-0.2, -0.15) is 0 Å². The standard InChI is InChI=1S/C21H21NO3/c1-4-11-18(19(23)25-3)22-20(24)21(2,16-12-7-5-8-13-16)17-14-9-6-10-15-17/h1,5-10,12-15,18H,11H2,2-3H3,(H,22,24)/t18-/m0/s1. The molecule has 0 radical (unpaired) electrons. The average molecular weight is 335 g/mol. The second kappa shape index (κ2) is 8.16. The number of terminal acetylenes is 1. The second-order valence-corrected chi connectivity index (χ2v) is 5.81. The van der Waals surface area contributed by atoms with Crippen LogP contribution in [0.5, 0.6) is 0 Å². The minimum absolute atomic E-state index is 0.0675. The first-order chi connectivity index (χ1) is 12.0. The van der Waals surface area contributed by atoms with Crippen molar-refractivity contribution in [1.82, 2.24) is 5.32 Å². The van der Waals surface area contributed by atoms with Crippen molar-refractivity contribution in [2.24, 2.45) is 0 Å². The van der Waals surface area contributed by atoms with Gasteiger partial charge in [0.15, 0.2) is 0 Å². The normalized spacial score (nSPS) is 11.9. The summed E-state index contributed by atoms with van der Waals surface area (Å²) in [6.45, 7) is 1.83. The summed E-state index contributed by atoms with van der Waals surface area (Å²) in [5.41, 5.74) is 0.676. The molecule has 128 valence electrons. The maximum absolute atomic E-state index is 13.2. The van der Waals surface area contributed by atoms with Crippen molar-refractivity contribution in [2.45, 2.75) is 24.8 Å². The molecule has 4 heteroatoms. The Bertz CT molecular complexity index is 723. The minimum Gasteiger partial charge on any atom is -0.467 e. The van der Waals surface area contributed by atoms with Gasteiger partial charge >= 0.3 is 5.97 Å². The van der Waals surface area contributed by atoms with E-state index in [1.54, 1.807) is 0 Å². The fraction of sp³-hybridized carbons (Fsp3) is 0.238. The quantitative estimate of drug-likeness (QED) is 0.652. The molecule has 0 aromatic heterocycles. The predicted molar refractivity (Wildman–Crippen MR) is 96.7 cm³/mol. The van der Waals surface area contributed by atoms with Crippen LogP contribution >= 0.6 is 0 Å². The van der Waals surface area contributed by atoms with Gasteiger partial charge < -0.3 is 10.1 Å². The number of hydrogen-bond acceptors (Lipinski definition) is 3. The van der Waals surface area contributed by atoms with E-state index in [0.717, 1.165) is 11.1 Å². The molecule has 0 heterocycles. The molecule has 0 fully saturated rings. The van der Waals surface area contributed by atoms with E-state index in [0.29, 0.717) is 0 Å². The van der Waals surface area contributed by atoms with Crippen LogP contribution in [0.4, 0.5) is 0 Å². The number of benzene rings is 2. The van der Waals surface area contributed by atoms with Crippen LogP contribution in [-0.4, -0.2) is 25.0 Å². The lowest BCUT2D eigenvalue weighted by Gasteiger charge is -2.31. The number of esters is 1. The third-order valence-corrected chi connectivity index (χ3v) is 4.27. The summed E-state index contributed by atoms with van der Waals surface area (Å²) in [6, 6.07) is 18.0. The fourth-order valence-corrected chi connectivity index (χ4v) is 2.73. The van der Waals surface area contributed by atoms with E-state index in [2.05, 4.69) is 11.2 Å². The predicted octanol–water partition coefficient (Wildman–Crippen LogP) is 2.67. The molecule has 1 atom stereocenters. The van der Waals surface area contributed by atoms with Crippen LogP contribution in [-0.2, 0) is 19.7 Å². The van der Waals surface area contributed by atoms with E-state index in [1.165, 1.54) is 7.11 Å². The van der Waals surface area contributed by atoms with Crippen LogP contribution in [0.25, 0.3) is 0 Å². The molecule has 0 bridgehead atoms. The number of nitrogens with one attached hydrogen (secondary N) is 1.